The molecule has 0 spiro atoms. The van der Waals surface area contributed by atoms with Gasteiger partial charge in [-0.1, -0.05) is 0 Å². The number of rotatable bonds is 4. The fourth-order valence-corrected chi connectivity index (χ4v) is 2.12. The molecule has 1 rings (SSSR count). The summed E-state index contributed by atoms with van der Waals surface area (Å²) >= 11 is -4.31. The van der Waals surface area contributed by atoms with Crippen LogP contribution in [0.3, 0.4) is 0 Å². The maximum atomic E-state index is 11.0. The van der Waals surface area contributed by atoms with Gasteiger partial charge in [0.25, 0.3) is 0 Å². The average molecular weight is 276 g/mol. The molecule has 0 unspecified atom stereocenters. The van der Waals surface area contributed by atoms with E-state index in [1.165, 1.54) is 12.1 Å². The normalized spacial score (nSPS) is 12.0. The Morgan fingerprint density at radius 3 is 2.20 bits per heavy atom. The van der Waals surface area contributed by atoms with Crippen molar-refractivity contribution in [3.05, 3.63) is 29.8 Å². The Bertz CT molecular complexity index is 409. The number of ether oxygens (including phenoxy) is 1. The minimum atomic E-state index is -4.31. The van der Waals surface area contributed by atoms with E-state index in [0.717, 1.165) is 5.56 Å². The first-order valence-corrected chi connectivity index (χ1v) is 7.87. The van der Waals surface area contributed by atoms with Gasteiger partial charge in [-0.25, -0.2) is 0 Å². The van der Waals surface area contributed by atoms with E-state index in [0.29, 0.717) is 6.61 Å². The summed E-state index contributed by atoms with van der Waals surface area (Å²) < 4.78 is 32.7. The van der Waals surface area contributed by atoms with Crippen LogP contribution in [-0.2, 0) is 19.0 Å². The summed E-state index contributed by atoms with van der Waals surface area (Å²) in [6, 6.07) is 6.46. The summed E-state index contributed by atoms with van der Waals surface area (Å²) in [5.41, 5.74) is 0.939. The molecule has 0 aliphatic carbocycles. The number of benzene rings is 1. The Morgan fingerprint density at radius 1 is 1.27 bits per heavy atom. The predicted molar refractivity (Wildman–Crippen MR) is 57.3 cm³/mol. The Labute approximate surface area is 91.3 Å². The number of nitrogens with two attached hydrogens (primary N) is 1. The van der Waals surface area contributed by atoms with Crippen LogP contribution < -0.4 is 9.21 Å². The maximum absolute atomic E-state index is 11.0. The molecule has 5 heteroatoms. The van der Waals surface area contributed by atoms with Gasteiger partial charge in [0.15, 0.2) is 0 Å². The van der Waals surface area contributed by atoms with Crippen LogP contribution in [0, 0.1) is 0 Å². The third kappa shape index (κ3) is 4.10. The van der Waals surface area contributed by atoms with Gasteiger partial charge in [0.05, 0.1) is 0 Å². The summed E-state index contributed by atoms with van der Waals surface area (Å²) in [6.45, 7) is 4.38. The molecule has 0 aromatic heterocycles. The van der Waals surface area contributed by atoms with Crippen molar-refractivity contribution in [1.82, 2.24) is 0 Å². The summed E-state index contributed by atoms with van der Waals surface area (Å²) in [5.74, 6) is 0. The predicted octanol–water partition coefficient (Wildman–Crippen LogP) is 0.577. The van der Waals surface area contributed by atoms with E-state index >= 15 is 0 Å². The van der Waals surface area contributed by atoms with E-state index in [4.69, 9.17) is 9.49 Å². The van der Waals surface area contributed by atoms with E-state index in [2.05, 4.69) is 0 Å². The van der Waals surface area contributed by atoms with Gasteiger partial charge in [-0.2, -0.15) is 0 Å². The van der Waals surface area contributed by atoms with Crippen molar-refractivity contribution in [2.24, 2.45) is 4.75 Å². The zero-order valence-electron chi connectivity index (χ0n) is 8.80. The minimum absolute atomic E-state index is 0.160. The van der Waals surface area contributed by atoms with Crippen molar-refractivity contribution in [3.63, 3.8) is 0 Å². The van der Waals surface area contributed by atoms with Crippen LogP contribution in [-0.4, -0.2) is 19.0 Å². The molecule has 1 aromatic carbocycles. The monoisotopic (exact) mass is 277 g/mol. The molecule has 0 aliphatic heterocycles. The molecule has 0 fully saturated rings. The third-order valence-electron chi connectivity index (χ3n) is 1.84. The van der Waals surface area contributed by atoms with Crippen LogP contribution in [0.1, 0.15) is 19.4 Å². The van der Waals surface area contributed by atoms with Crippen molar-refractivity contribution >= 4 is 17.4 Å². The van der Waals surface area contributed by atoms with Gasteiger partial charge < -0.3 is 0 Å². The fourth-order valence-electron chi connectivity index (χ4n) is 1.04. The molecule has 2 N–H and O–H groups in total. The van der Waals surface area contributed by atoms with Crippen LogP contribution in [0.15, 0.2) is 24.3 Å². The third-order valence-corrected chi connectivity index (χ3v) is 3.78. The van der Waals surface area contributed by atoms with Gasteiger partial charge in [-0.05, 0) is 0 Å². The van der Waals surface area contributed by atoms with Crippen molar-refractivity contribution in [2.45, 2.75) is 26.6 Å². The molecule has 0 heterocycles. The van der Waals surface area contributed by atoms with Gasteiger partial charge in [-0.15, -0.1) is 0 Å². The van der Waals surface area contributed by atoms with Crippen molar-refractivity contribution < 1.29 is 12.4 Å². The molecule has 0 saturated carbocycles. The zero-order valence-corrected chi connectivity index (χ0v) is 10.5. The second-order valence-electron chi connectivity index (χ2n) is 3.55. The van der Waals surface area contributed by atoms with E-state index < -0.39 is 12.9 Å². The average Bonchev–Trinajstić information content (AvgIpc) is 2.14. The Kier molecular flexibility index (Phi) is 3.99. The summed E-state index contributed by atoms with van der Waals surface area (Å²) in [7, 11) is 0. The van der Waals surface area contributed by atoms with E-state index in [9.17, 15) is 7.67 Å². The van der Waals surface area contributed by atoms with E-state index in [-0.39, 0.29) is 10.6 Å². The fraction of sp³-hybridized carbons (Fsp3) is 0.400. The molecule has 1 aromatic rings. The first-order valence-electron chi connectivity index (χ1n) is 4.63. The quantitative estimate of drug-likeness (QED) is 0.817. The van der Waals surface area contributed by atoms with Gasteiger partial charge >= 0.3 is 90.9 Å². The second-order valence-corrected chi connectivity index (χ2v) is 6.82. The SMILES string of the molecule is CC(C)OCc1ccc([Se](N)(=O)=O)cc1. The summed E-state index contributed by atoms with van der Waals surface area (Å²) in [6.07, 6.45) is 0.160. The number of hydrogen-bond acceptors (Lipinski definition) is 3. The Hall–Kier alpha value is -0.741. The van der Waals surface area contributed by atoms with Gasteiger partial charge in [0.2, 0.25) is 0 Å². The Morgan fingerprint density at radius 2 is 1.80 bits per heavy atom. The van der Waals surface area contributed by atoms with Crippen molar-refractivity contribution in [1.29, 1.82) is 0 Å². The molecular formula is C10H15NO3Se. The molecule has 0 bridgehead atoms. The second kappa shape index (κ2) is 4.86. The standard InChI is InChI=1S/C10H15NO3Se/c1-8(2)14-7-9-3-5-10(6-4-9)15(11,12)13/h3-6,8H,7H2,1-2H3,(H2,11,12,13). The molecule has 0 aliphatic rings. The van der Waals surface area contributed by atoms with Gasteiger partial charge in [0.1, 0.15) is 0 Å². The van der Waals surface area contributed by atoms with Gasteiger partial charge in [0, 0.05) is 0 Å². The van der Waals surface area contributed by atoms with Crippen molar-refractivity contribution in [2.75, 3.05) is 0 Å². The topological polar surface area (TPSA) is 69.4 Å². The zero-order chi connectivity index (χ0) is 11.5. The molecule has 0 radical (unpaired) electrons. The van der Waals surface area contributed by atoms with Crippen LogP contribution in [0.4, 0.5) is 0 Å². The molecule has 0 saturated heterocycles. The van der Waals surface area contributed by atoms with Crippen molar-refractivity contribution in [3.8, 4) is 0 Å². The molecule has 0 amide bonds. The molecule has 84 valence electrons. The molecule has 15 heavy (non-hydrogen) atoms. The molecule has 4 nitrogen and oxygen atoms in total. The summed E-state index contributed by atoms with van der Waals surface area (Å²) in [4.78, 5) is 0. The van der Waals surface area contributed by atoms with Crippen LogP contribution in [0.2, 0.25) is 0 Å². The summed E-state index contributed by atoms with van der Waals surface area (Å²) in [5, 5.41) is 0. The van der Waals surface area contributed by atoms with E-state index in [1.807, 2.05) is 13.8 Å². The van der Waals surface area contributed by atoms with Crippen LogP contribution in [0.25, 0.3) is 0 Å². The molecule has 0 atom stereocenters. The first-order chi connectivity index (χ1) is 6.89. The van der Waals surface area contributed by atoms with E-state index in [1.54, 1.807) is 12.1 Å². The van der Waals surface area contributed by atoms with Crippen LogP contribution >= 0.6 is 0 Å². The number of hydrogen-bond donors (Lipinski definition) is 1. The van der Waals surface area contributed by atoms with Gasteiger partial charge in [-0.3, -0.25) is 0 Å². The molecular weight excluding hydrogens is 261 g/mol. The Balaban J connectivity index is 2.73. The first kappa shape index (κ1) is 12.3. The van der Waals surface area contributed by atoms with Crippen LogP contribution in [0.5, 0.6) is 0 Å².